The van der Waals surface area contributed by atoms with Gasteiger partial charge in [-0.2, -0.15) is 0 Å². The van der Waals surface area contributed by atoms with Crippen LogP contribution < -0.4 is 14.2 Å². The second-order valence-corrected chi connectivity index (χ2v) is 13.7. The van der Waals surface area contributed by atoms with Crippen LogP contribution in [0.25, 0.3) is 33.4 Å². The molecular weight excluding hydrogens is 625 g/mol. The fourth-order valence-electron chi connectivity index (χ4n) is 9.37. The smallest absolute Gasteiger partial charge is 0.118 e. The molecule has 3 heteroatoms. The second-order valence-electron chi connectivity index (χ2n) is 13.7. The highest BCUT2D eigenvalue weighted by molar-refractivity contribution is 6.04. The Morgan fingerprint density at radius 2 is 0.569 bits per heavy atom. The number of rotatable bonds is 6. The Labute approximate surface area is 298 Å². The molecule has 0 radical (unpaired) electrons. The van der Waals surface area contributed by atoms with Gasteiger partial charge in [-0.15, -0.1) is 0 Å². The van der Waals surface area contributed by atoms with Crippen LogP contribution in [0.5, 0.6) is 17.2 Å². The van der Waals surface area contributed by atoms with Gasteiger partial charge in [0.05, 0.1) is 21.3 Å². The van der Waals surface area contributed by atoms with Crippen molar-refractivity contribution in [2.24, 2.45) is 0 Å². The summed E-state index contributed by atoms with van der Waals surface area (Å²) in [6.07, 6.45) is 0. The molecule has 0 aromatic heterocycles. The van der Waals surface area contributed by atoms with Gasteiger partial charge in [-0.3, -0.25) is 0 Å². The first-order chi connectivity index (χ1) is 25.2. The molecular formula is C48H36O3. The summed E-state index contributed by atoms with van der Waals surface area (Å²) in [5.74, 6) is 2.77. The van der Waals surface area contributed by atoms with Gasteiger partial charge in [-0.05, 0) is 120 Å². The summed E-state index contributed by atoms with van der Waals surface area (Å²) < 4.78 is 16.9. The molecule has 0 heterocycles. The fourth-order valence-corrected chi connectivity index (χ4v) is 9.37. The number of hydrogen-bond donors (Lipinski definition) is 0. The van der Waals surface area contributed by atoms with Crippen molar-refractivity contribution < 1.29 is 14.2 Å². The van der Waals surface area contributed by atoms with E-state index in [1.54, 1.807) is 21.3 Å². The van der Waals surface area contributed by atoms with Crippen molar-refractivity contribution in [3.8, 4) is 50.6 Å². The predicted molar refractivity (Wildman–Crippen MR) is 205 cm³/mol. The van der Waals surface area contributed by atoms with Crippen LogP contribution in [0.2, 0.25) is 0 Å². The van der Waals surface area contributed by atoms with E-state index in [4.69, 9.17) is 14.2 Å². The van der Waals surface area contributed by atoms with Crippen LogP contribution in [0.4, 0.5) is 0 Å². The third kappa shape index (κ3) is 4.24. The van der Waals surface area contributed by atoms with Crippen molar-refractivity contribution in [1.82, 2.24) is 0 Å². The molecule has 3 atom stereocenters. The minimum absolute atomic E-state index is 0.0593. The average Bonchev–Trinajstić information content (AvgIpc) is 3.84. The standard InChI is InChI=1S/C48H36O3/c1-49-31-22-16-28(17-23-31)40-34-10-4-7-13-37(34)43-46(40)44-38-14-8-5-11-35(38)41(29-18-24-32(50-2)25-19-29)48(44)45-39-15-9-6-12-36(39)42(47(43)45)30-20-26-33(51-3)27-21-30/h4-27,40-42H,1-3H3/t40-,41-,42-/m1/s1. The van der Waals surface area contributed by atoms with Crippen LogP contribution in [-0.2, 0) is 0 Å². The average molecular weight is 661 g/mol. The monoisotopic (exact) mass is 660 g/mol. The van der Waals surface area contributed by atoms with Crippen LogP contribution in [0.15, 0.2) is 146 Å². The van der Waals surface area contributed by atoms with E-state index in [2.05, 4.69) is 146 Å². The third-order valence-electron chi connectivity index (χ3n) is 11.5. The van der Waals surface area contributed by atoms with E-state index >= 15 is 0 Å². The van der Waals surface area contributed by atoms with Gasteiger partial charge in [-0.25, -0.2) is 0 Å². The first-order valence-corrected chi connectivity index (χ1v) is 17.6. The van der Waals surface area contributed by atoms with E-state index < -0.39 is 0 Å². The maximum Gasteiger partial charge on any atom is 0.118 e. The van der Waals surface area contributed by atoms with Gasteiger partial charge in [0, 0.05) is 17.8 Å². The molecule has 0 bridgehead atoms. The summed E-state index contributed by atoms with van der Waals surface area (Å²) in [6, 6.07) is 53.5. The van der Waals surface area contributed by atoms with Crippen LogP contribution in [0.1, 0.15) is 67.8 Å². The molecule has 7 aromatic carbocycles. The molecule has 3 nitrogen and oxygen atoms in total. The molecule has 10 rings (SSSR count). The normalized spacial score (nSPS) is 17.1. The molecule has 0 unspecified atom stereocenters. The Kier molecular flexibility index (Phi) is 6.72. The van der Waals surface area contributed by atoms with Crippen molar-refractivity contribution in [2.45, 2.75) is 17.8 Å². The van der Waals surface area contributed by atoms with Gasteiger partial charge >= 0.3 is 0 Å². The molecule has 0 saturated carbocycles. The molecule has 0 spiro atoms. The molecule has 246 valence electrons. The van der Waals surface area contributed by atoms with Crippen molar-refractivity contribution in [1.29, 1.82) is 0 Å². The second kappa shape index (κ2) is 11.5. The number of hydrogen-bond acceptors (Lipinski definition) is 3. The Balaban J connectivity index is 1.37. The SMILES string of the molecule is COc1ccc([C@@H]2c3ccccc3-c3c2c2c(c4c3[C@H](c3ccc(OC)cc3)c3ccccc3-4)[C@H](c3ccc(OC)cc3)c3ccccc3-2)cc1. The van der Waals surface area contributed by atoms with Crippen molar-refractivity contribution in [2.75, 3.05) is 21.3 Å². The van der Waals surface area contributed by atoms with E-state index in [1.807, 2.05) is 0 Å². The third-order valence-corrected chi connectivity index (χ3v) is 11.5. The van der Waals surface area contributed by atoms with Gasteiger partial charge in [0.2, 0.25) is 0 Å². The Hall–Kier alpha value is -6.06. The van der Waals surface area contributed by atoms with E-state index in [-0.39, 0.29) is 17.8 Å². The van der Waals surface area contributed by atoms with Crippen molar-refractivity contribution >= 4 is 0 Å². The summed E-state index contributed by atoms with van der Waals surface area (Å²) in [7, 11) is 5.20. The molecule has 3 aliphatic rings. The van der Waals surface area contributed by atoms with Gasteiger partial charge in [0.1, 0.15) is 17.2 Å². The summed E-state index contributed by atoms with van der Waals surface area (Å²) in [5, 5.41) is 0. The summed E-state index contributed by atoms with van der Waals surface area (Å²) in [5.41, 5.74) is 20.2. The molecule has 7 aromatic rings. The summed E-state index contributed by atoms with van der Waals surface area (Å²) in [6.45, 7) is 0. The highest BCUT2D eigenvalue weighted by Crippen LogP contribution is 2.66. The molecule has 0 amide bonds. The Morgan fingerprint density at radius 3 is 0.824 bits per heavy atom. The zero-order valence-electron chi connectivity index (χ0n) is 28.8. The fraction of sp³-hybridized carbons (Fsp3) is 0.125. The highest BCUT2D eigenvalue weighted by atomic mass is 16.5. The van der Waals surface area contributed by atoms with E-state index in [0.717, 1.165) is 17.2 Å². The maximum atomic E-state index is 5.63. The number of benzene rings is 7. The molecule has 0 fully saturated rings. The lowest BCUT2D eigenvalue weighted by molar-refractivity contribution is 0.414. The quantitative estimate of drug-likeness (QED) is 0.178. The molecule has 51 heavy (non-hydrogen) atoms. The van der Waals surface area contributed by atoms with Crippen LogP contribution in [0.3, 0.4) is 0 Å². The van der Waals surface area contributed by atoms with Crippen LogP contribution in [0, 0.1) is 0 Å². The summed E-state index contributed by atoms with van der Waals surface area (Å²) in [4.78, 5) is 0. The highest BCUT2D eigenvalue weighted by Gasteiger charge is 2.47. The first kappa shape index (κ1) is 29.8. The van der Waals surface area contributed by atoms with Gasteiger partial charge in [0.15, 0.2) is 0 Å². The van der Waals surface area contributed by atoms with Gasteiger partial charge in [-0.1, -0.05) is 109 Å². The van der Waals surface area contributed by atoms with Gasteiger partial charge in [0.25, 0.3) is 0 Å². The Morgan fingerprint density at radius 1 is 0.314 bits per heavy atom. The van der Waals surface area contributed by atoms with Crippen LogP contribution in [-0.4, -0.2) is 21.3 Å². The zero-order chi connectivity index (χ0) is 34.2. The number of methoxy groups -OCH3 is 3. The van der Waals surface area contributed by atoms with Crippen molar-refractivity contribution in [3.05, 3.63) is 196 Å². The lowest BCUT2D eigenvalue weighted by Crippen LogP contribution is -2.08. The first-order valence-electron chi connectivity index (χ1n) is 17.6. The lowest BCUT2D eigenvalue weighted by atomic mass is 9.77. The Bertz CT molecular complexity index is 2180. The number of ether oxygens (including phenoxy) is 3. The molecule has 0 N–H and O–H groups in total. The molecule has 0 saturated heterocycles. The van der Waals surface area contributed by atoms with E-state index in [9.17, 15) is 0 Å². The molecule has 3 aliphatic carbocycles. The topological polar surface area (TPSA) is 27.7 Å². The zero-order valence-corrected chi connectivity index (χ0v) is 28.8. The van der Waals surface area contributed by atoms with E-state index in [0.29, 0.717) is 0 Å². The molecule has 0 aliphatic heterocycles. The maximum absolute atomic E-state index is 5.63. The number of fused-ring (bicyclic) bond motifs is 12. The van der Waals surface area contributed by atoms with Crippen molar-refractivity contribution in [3.63, 3.8) is 0 Å². The summed E-state index contributed by atoms with van der Waals surface area (Å²) >= 11 is 0. The minimum Gasteiger partial charge on any atom is -0.497 e. The minimum atomic E-state index is 0.0593. The van der Waals surface area contributed by atoms with E-state index in [1.165, 1.54) is 83.5 Å². The largest absolute Gasteiger partial charge is 0.497 e. The predicted octanol–water partition coefficient (Wildman–Crippen LogP) is 11.2. The lowest BCUT2D eigenvalue weighted by Gasteiger charge is -2.25. The van der Waals surface area contributed by atoms with Gasteiger partial charge < -0.3 is 14.2 Å². The van der Waals surface area contributed by atoms with Crippen LogP contribution >= 0.6 is 0 Å².